The second-order valence-electron chi connectivity index (χ2n) is 4.48. The highest BCUT2D eigenvalue weighted by Crippen LogP contribution is 2.21. The highest BCUT2D eigenvalue weighted by molar-refractivity contribution is 7.92. The van der Waals surface area contributed by atoms with Crippen molar-refractivity contribution >= 4 is 15.7 Å². The van der Waals surface area contributed by atoms with Crippen LogP contribution < -0.4 is 0 Å². The minimum Gasteiger partial charge on any atom is -0.388 e. The number of nitrogens with zero attached hydrogens (tertiary/aromatic N) is 1. The number of aliphatic hydroxyl groups is 1. The Labute approximate surface area is 90.0 Å². The summed E-state index contributed by atoms with van der Waals surface area (Å²) >= 11 is 0. The largest absolute Gasteiger partial charge is 0.388 e. The molecule has 6 heteroatoms. The number of hydrogen-bond donors (Lipinski definition) is 1. The molecule has 0 bridgehead atoms. The van der Waals surface area contributed by atoms with Gasteiger partial charge in [-0.1, -0.05) is 0 Å². The Morgan fingerprint density at radius 3 is 2.40 bits per heavy atom. The molecule has 1 aliphatic heterocycles. The summed E-state index contributed by atoms with van der Waals surface area (Å²) in [6.07, 6.45) is 1.54. The van der Waals surface area contributed by atoms with Gasteiger partial charge in [-0.05, 0) is 20.3 Å². The van der Waals surface area contributed by atoms with Crippen LogP contribution in [-0.4, -0.2) is 54.5 Å². The molecular weight excluding hydrogens is 218 g/mol. The van der Waals surface area contributed by atoms with Crippen molar-refractivity contribution < 1.29 is 18.3 Å². The zero-order chi connectivity index (χ0) is 11.9. The Hall–Kier alpha value is -0.620. The Morgan fingerprint density at radius 2 is 2.07 bits per heavy atom. The van der Waals surface area contributed by atoms with Crippen molar-refractivity contribution in [2.45, 2.75) is 31.1 Å². The summed E-state index contributed by atoms with van der Waals surface area (Å²) in [5, 5.41) is 8.63. The summed E-state index contributed by atoms with van der Waals surface area (Å²) in [5.41, 5.74) is -0.882. The van der Waals surface area contributed by atoms with Gasteiger partial charge in [0.15, 0.2) is 9.84 Å². The number of β-amino-alcohol motifs (C(OH)–C–C–N with tert-alkyl or cyclic N) is 1. The topological polar surface area (TPSA) is 74.7 Å². The maximum Gasteiger partial charge on any atom is 0.240 e. The standard InChI is InChI=1S/C9H17NO4S/c1-7(15(3,13)14)8(11)10-5-4-9(2,12)6-10/h7,12H,4-6H2,1-3H3. The van der Waals surface area contributed by atoms with Gasteiger partial charge in [-0.15, -0.1) is 0 Å². The second kappa shape index (κ2) is 3.75. The maximum atomic E-state index is 11.7. The molecule has 0 spiro atoms. The van der Waals surface area contributed by atoms with Crippen molar-refractivity contribution in [3.8, 4) is 0 Å². The van der Waals surface area contributed by atoms with Crippen LogP contribution >= 0.6 is 0 Å². The van der Waals surface area contributed by atoms with Crippen molar-refractivity contribution in [2.24, 2.45) is 0 Å². The summed E-state index contributed by atoms with van der Waals surface area (Å²) in [6, 6.07) is 0. The third-order valence-corrected chi connectivity index (χ3v) is 4.24. The van der Waals surface area contributed by atoms with E-state index in [0.717, 1.165) is 6.26 Å². The number of hydrogen-bond acceptors (Lipinski definition) is 4. The molecule has 88 valence electrons. The number of carbonyl (C=O) groups excluding carboxylic acids is 1. The van der Waals surface area contributed by atoms with Crippen molar-refractivity contribution in [1.82, 2.24) is 4.90 Å². The fraction of sp³-hybridized carbons (Fsp3) is 0.889. The molecule has 1 saturated heterocycles. The Bertz CT molecular complexity index is 360. The molecule has 1 amide bonds. The van der Waals surface area contributed by atoms with E-state index in [4.69, 9.17) is 0 Å². The van der Waals surface area contributed by atoms with Gasteiger partial charge in [0.25, 0.3) is 0 Å². The van der Waals surface area contributed by atoms with E-state index < -0.39 is 26.6 Å². The first-order chi connectivity index (χ1) is 6.63. The first-order valence-electron chi connectivity index (χ1n) is 4.83. The smallest absolute Gasteiger partial charge is 0.240 e. The third kappa shape index (κ3) is 2.92. The van der Waals surface area contributed by atoms with Gasteiger partial charge in [-0.2, -0.15) is 0 Å². The zero-order valence-electron chi connectivity index (χ0n) is 9.23. The predicted octanol–water partition coefficient (Wildman–Crippen LogP) is -0.597. The molecule has 1 aliphatic rings. The minimum atomic E-state index is -3.35. The van der Waals surface area contributed by atoms with Crippen LogP contribution in [0.25, 0.3) is 0 Å². The zero-order valence-corrected chi connectivity index (χ0v) is 10.0. The van der Waals surface area contributed by atoms with Crippen molar-refractivity contribution in [2.75, 3.05) is 19.3 Å². The molecule has 0 saturated carbocycles. The van der Waals surface area contributed by atoms with Gasteiger partial charge in [-0.3, -0.25) is 4.79 Å². The normalized spacial score (nSPS) is 29.2. The van der Waals surface area contributed by atoms with Crippen molar-refractivity contribution in [3.05, 3.63) is 0 Å². The van der Waals surface area contributed by atoms with Gasteiger partial charge in [0, 0.05) is 19.3 Å². The van der Waals surface area contributed by atoms with Gasteiger partial charge in [0.05, 0.1) is 5.60 Å². The highest BCUT2D eigenvalue weighted by Gasteiger charge is 2.37. The van der Waals surface area contributed by atoms with Crippen LogP contribution in [0.5, 0.6) is 0 Å². The fourth-order valence-electron chi connectivity index (χ4n) is 1.57. The SMILES string of the molecule is CC(C(=O)N1CCC(C)(O)C1)S(C)(=O)=O. The van der Waals surface area contributed by atoms with Crippen LogP contribution in [0.4, 0.5) is 0 Å². The van der Waals surface area contributed by atoms with E-state index in [1.165, 1.54) is 11.8 Å². The lowest BCUT2D eigenvalue weighted by Gasteiger charge is -2.21. The molecule has 5 nitrogen and oxygen atoms in total. The van der Waals surface area contributed by atoms with E-state index in [1.807, 2.05) is 0 Å². The van der Waals surface area contributed by atoms with Gasteiger partial charge in [0.1, 0.15) is 5.25 Å². The predicted molar refractivity (Wildman–Crippen MR) is 56.1 cm³/mol. The molecule has 1 heterocycles. The van der Waals surface area contributed by atoms with Gasteiger partial charge in [0.2, 0.25) is 5.91 Å². The molecule has 1 fully saturated rings. The lowest BCUT2D eigenvalue weighted by Crippen LogP contribution is -2.41. The van der Waals surface area contributed by atoms with Crippen LogP contribution in [0.3, 0.4) is 0 Å². The summed E-state index contributed by atoms with van der Waals surface area (Å²) in [7, 11) is -3.35. The summed E-state index contributed by atoms with van der Waals surface area (Å²) < 4.78 is 22.4. The van der Waals surface area contributed by atoms with Crippen molar-refractivity contribution in [1.29, 1.82) is 0 Å². The fourth-order valence-corrected chi connectivity index (χ4v) is 2.09. The molecular formula is C9H17NO4S. The molecule has 2 unspecified atom stereocenters. The van der Waals surface area contributed by atoms with E-state index in [-0.39, 0.29) is 6.54 Å². The second-order valence-corrected chi connectivity index (χ2v) is 6.84. The van der Waals surface area contributed by atoms with E-state index in [9.17, 15) is 18.3 Å². The van der Waals surface area contributed by atoms with Crippen LogP contribution in [0, 0.1) is 0 Å². The minimum absolute atomic E-state index is 0.214. The van der Waals surface area contributed by atoms with Crippen molar-refractivity contribution in [3.63, 3.8) is 0 Å². The average Bonchev–Trinajstić information content (AvgIpc) is 2.42. The molecule has 15 heavy (non-hydrogen) atoms. The first kappa shape index (κ1) is 12.4. The molecule has 1 rings (SSSR count). The lowest BCUT2D eigenvalue weighted by atomic mass is 10.1. The maximum absolute atomic E-state index is 11.7. The molecule has 1 N–H and O–H groups in total. The molecule has 0 aromatic rings. The Morgan fingerprint density at radius 1 is 1.53 bits per heavy atom. The molecule has 0 aliphatic carbocycles. The number of sulfone groups is 1. The number of likely N-dealkylation sites (tertiary alicyclic amines) is 1. The van der Waals surface area contributed by atoms with E-state index >= 15 is 0 Å². The van der Waals surface area contributed by atoms with E-state index in [1.54, 1.807) is 6.92 Å². The van der Waals surface area contributed by atoms with Crippen LogP contribution in [0.15, 0.2) is 0 Å². The number of rotatable bonds is 2. The summed E-state index contributed by atoms with van der Waals surface area (Å²) in [4.78, 5) is 13.1. The Balaban J connectivity index is 2.72. The third-order valence-electron chi connectivity index (χ3n) is 2.75. The highest BCUT2D eigenvalue weighted by atomic mass is 32.2. The van der Waals surface area contributed by atoms with Gasteiger partial charge < -0.3 is 10.0 Å². The number of amides is 1. The van der Waals surface area contributed by atoms with Gasteiger partial charge >= 0.3 is 0 Å². The quantitative estimate of drug-likeness (QED) is 0.693. The molecule has 0 radical (unpaired) electrons. The van der Waals surface area contributed by atoms with Crippen LogP contribution in [-0.2, 0) is 14.6 Å². The summed E-state index contributed by atoms with van der Waals surface area (Å²) in [6.45, 7) is 3.66. The van der Waals surface area contributed by atoms with E-state index in [0.29, 0.717) is 13.0 Å². The van der Waals surface area contributed by atoms with Crippen LogP contribution in [0.2, 0.25) is 0 Å². The number of carbonyl (C=O) groups is 1. The lowest BCUT2D eigenvalue weighted by molar-refractivity contribution is -0.130. The monoisotopic (exact) mass is 235 g/mol. The molecule has 0 aromatic carbocycles. The average molecular weight is 235 g/mol. The Kier molecular flexibility index (Phi) is 3.11. The molecule has 2 atom stereocenters. The van der Waals surface area contributed by atoms with E-state index in [2.05, 4.69) is 0 Å². The molecule has 0 aromatic heterocycles. The van der Waals surface area contributed by atoms with Crippen LogP contribution in [0.1, 0.15) is 20.3 Å². The summed E-state index contributed by atoms with van der Waals surface area (Å²) in [5.74, 6) is -0.421. The first-order valence-corrected chi connectivity index (χ1v) is 6.79. The van der Waals surface area contributed by atoms with Gasteiger partial charge in [-0.25, -0.2) is 8.42 Å².